The van der Waals surface area contributed by atoms with Crippen LogP contribution in [-0.4, -0.2) is 26.3 Å². The Morgan fingerprint density at radius 3 is 2.23 bits per heavy atom. The van der Waals surface area contributed by atoms with Gasteiger partial charge in [-0.05, 0) is 18.1 Å². The van der Waals surface area contributed by atoms with Crippen LogP contribution in [-0.2, 0) is 25.6 Å². The summed E-state index contributed by atoms with van der Waals surface area (Å²) in [5.41, 5.74) is 2.28. The molecule has 0 fully saturated rings. The van der Waals surface area contributed by atoms with Crippen molar-refractivity contribution in [2.45, 2.75) is 40.4 Å². The van der Waals surface area contributed by atoms with Crippen LogP contribution in [0.5, 0.6) is 0 Å². The highest BCUT2D eigenvalue weighted by Crippen LogP contribution is 2.16. The van der Waals surface area contributed by atoms with Gasteiger partial charge in [0.25, 0.3) is 0 Å². The molecule has 22 heavy (non-hydrogen) atoms. The maximum absolute atomic E-state index is 11.4. The molecule has 0 heterocycles. The molecule has 0 spiro atoms. The van der Waals surface area contributed by atoms with E-state index >= 15 is 0 Å². The van der Waals surface area contributed by atoms with Crippen molar-refractivity contribution in [2.24, 2.45) is 11.8 Å². The molecule has 0 aliphatic heterocycles. The second-order valence-electron chi connectivity index (χ2n) is 6.02. The number of ether oxygens (including phenoxy) is 3. The first kappa shape index (κ1) is 18.7. The lowest BCUT2D eigenvalue weighted by Gasteiger charge is -2.14. The van der Waals surface area contributed by atoms with Gasteiger partial charge in [-0.3, -0.25) is 4.79 Å². The van der Waals surface area contributed by atoms with Gasteiger partial charge in [0, 0.05) is 13.0 Å². The number of carbonyl (C=O) groups is 1. The van der Waals surface area contributed by atoms with Gasteiger partial charge < -0.3 is 14.2 Å². The molecule has 0 amide bonds. The van der Waals surface area contributed by atoms with Gasteiger partial charge in [0.2, 0.25) is 0 Å². The Morgan fingerprint density at radius 2 is 1.68 bits per heavy atom. The zero-order valence-corrected chi connectivity index (χ0v) is 14.3. The van der Waals surface area contributed by atoms with Gasteiger partial charge in [-0.25, -0.2) is 0 Å². The first-order valence-corrected chi connectivity index (χ1v) is 7.80. The van der Waals surface area contributed by atoms with Crippen LogP contribution < -0.4 is 0 Å². The van der Waals surface area contributed by atoms with E-state index in [4.69, 9.17) is 14.2 Å². The van der Waals surface area contributed by atoms with E-state index in [0.717, 1.165) is 11.1 Å². The summed E-state index contributed by atoms with van der Waals surface area (Å²) < 4.78 is 16.1. The summed E-state index contributed by atoms with van der Waals surface area (Å²) in [4.78, 5) is 11.4. The van der Waals surface area contributed by atoms with Gasteiger partial charge in [-0.2, -0.15) is 0 Å². The van der Waals surface area contributed by atoms with Crippen molar-refractivity contribution in [3.8, 4) is 0 Å². The Bertz CT molecular complexity index is 439. The van der Waals surface area contributed by atoms with Crippen molar-refractivity contribution in [3.05, 3.63) is 35.4 Å². The monoisotopic (exact) mass is 308 g/mol. The standard InChI is InChI=1S/C18H28O4/c1-13(2)18(19)22-11-14(3)10-21-12-16-6-8-17(9-7-16)15(4)20-5/h6-9,13-15H,10-12H2,1-5H3. The predicted molar refractivity (Wildman–Crippen MR) is 86.5 cm³/mol. The van der Waals surface area contributed by atoms with E-state index in [1.54, 1.807) is 7.11 Å². The van der Waals surface area contributed by atoms with Crippen molar-refractivity contribution in [2.75, 3.05) is 20.3 Å². The fourth-order valence-electron chi connectivity index (χ4n) is 1.84. The quantitative estimate of drug-likeness (QED) is 0.652. The average molecular weight is 308 g/mol. The van der Waals surface area contributed by atoms with Crippen LogP contribution >= 0.6 is 0 Å². The molecule has 124 valence electrons. The Kier molecular flexibility index (Phi) is 8.13. The smallest absolute Gasteiger partial charge is 0.308 e. The van der Waals surface area contributed by atoms with Gasteiger partial charge in [0.15, 0.2) is 0 Å². The molecule has 4 nitrogen and oxygen atoms in total. The van der Waals surface area contributed by atoms with Gasteiger partial charge in [0.1, 0.15) is 0 Å². The van der Waals surface area contributed by atoms with Crippen molar-refractivity contribution >= 4 is 5.97 Å². The fourth-order valence-corrected chi connectivity index (χ4v) is 1.84. The van der Waals surface area contributed by atoms with Crippen LogP contribution in [0.1, 0.15) is 44.9 Å². The van der Waals surface area contributed by atoms with E-state index in [1.165, 1.54) is 0 Å². The van der Waals surface area contributed by atoms with E-state index in [-0.39, 0.29) is 23.9 Å². The largest absolute Gasteiger partial charge is 0.465 e. The van der Waals surface area contributed by atoms with E-state index in [2.05, 4.69) is 12.1 Å². The van der Waals surface area contributed by atoms with Crippen LogP contribution in [0.4, 0.5) is 0 Å². The van der Waals surface area contributed by atoms with Gasteiger partial charge in [-0.15, -0.1) is 0 Å². The predicted octanol–water partition coefficient (Wildman–Crippen LogP) is 3.75. The lowest BCUT2D eigenvalue weighted by Crippen LogP contribution is -2.19. The van der Waals surface area contributed by atoms with E-state index in [1.807, 2.05) is 39.8 Å². The fraction of sp³-hybridized carbons (Fsp3) is 0.611. The Morgan fingerprint density at radius 1 is 1.05 bits per heavy atom. The van der Waals surface area contributed by atoms with Gasteiger partial charge in [-0.1, -0.05) is 45.0 Å². The zero-order chi connectivity index (χ0) is 16.5. The third kappa shape index (κ3) is 6.58. The topological polar surface area (TPSA) is 44.8 Å². The summed E-state index contributed by atoms with van der Waals surface area (Å²) in [6, 6.07) is 8.21. The minimum absolute atomic E-state index is 0.0823. The Labute approximate surface area is 133 Å². The maximum Gasteiger partial charge on any atom is 0.308 e. The zero-order valence-electron chi connectivity index (χ0n) is 14.3. The molecule has 0 saturated carbocycles. The SMILES string of the molecule is COC(C)c1ccc(COCC(C)COC(=O)C(C)C)cc1. The number of benzene rings is 1. The van der Waals surface area contributed by atoms with Crippen molar-refractivity contribution in [1.29, 1.82) is 0 Å². The molecular weight excluding hydrogens is 280 g/mol. The summed E-state index contributed by atoms with van der Waals surface area (Å²) in [5, 5.41) is 0. The lowest BCUT2D eigenvalue weighted by molar-refractivity contribution is -0.149. The number of methoxy groups -OCH3 is 1. The molecule has 4 heteroatoms. The molecule has 1 rings (SSSR count). The van der Waals surface area contributed by atoms with Crippen LogP contribution in [0.2, 0.25) is 0 Å². The van der Waals surface area contributed by atoms with Crippen molar-refractivity contribution < 1.29 is 19.0 Å². The summed E-state index contributed by atoms with van der Waals surface area (Å²) in [7, 11) is 1.70. The summed E-state index contributed by atoms with van der Waals surface area (Å²) >= 11 is 0. The molecule has 1 aromatic carbocycles. The van der Waals surface area contributed by atoms with Gasteiger partial charge >= 0.3 is 5.97 Å². The molecule has 0 saturated heterocycles. The number of hydrogen-bond donors (Lipinski definition) is 0. The average Bonchev–Trinajstić information content (AvgIpc) is 2.52. The molecule has 2 unspecified atom stereocenters. The van der Waals surface area contributed by atoms with Crippen molar-refractivity contribution in [3.63, 3.8) is 0 Å². The molecule has 0 radical (unpaired) electrons. The highest BCUT2D eigenvalue weighted by Gasteiger charge is 2.11. The Hall–Kier alpha value is -1.39. The Balaban J connectivity index is 2.27. The first-order chi connectivity index (χ1) is 10.4. The number of rotatable bonds is 9. The van der Waals surface area contributed by atoms with Crippen LogP contribution in [0.15, 0.2) is 24.3 Å². The molecule has 0 aliphatic rings. The third-order valence-corrected chi connectivity index (χ3v) is 3.46. The van der Waals surface area contributed by atoms with Gasteiger partial charge in [0.05, 0.1) is 31.8 Å². The highest BCUT2D eigenvalue weighted by atomic mass is 16.5. The van der Waals surface area contributed by atoms with Crippen molar-refractivity contribution in [1.82, 2.24) is 0 Å². The lowest BCUT2D eigenvalue weighted by atomic mass is 10.1. The van der Waals surface area contributed by atoms with Crippen LogP contribution in [0.3, 0.4) is 0 Å². The summed E-state index contributed by atoms with van der Waals surface area (Å²) in [5.74, 6) is -0.0497. The number of carbonyl (C=O) groups excluding carboxylic acids is 1. The van der Waals surface area contributed by atoms with E-state index in [9.17, 15) is 4.79 Å². The molecular formula is C18H28O4. The molecule has 0 aromatic heterocycles. The molecule has 0 bridgehead atoms. The number of esters is 1. The van der Waals surface area contributed by atoms with Crippen LogP contribution in [0.25, 0.3) is 0 Å². The summed E-state index contributed by atoms with van der Waals surface area (Å²) in [6.07, 6.45) is 0.102. The summed E-state index contributed by atoms with van der Waals surface area (Å²) in [6.45, 7) is 9.23. The third-order valence-electron chi connectivity index (χ3n) is 3.46. The minimum Gasteiger partial charge on any atom is -0.465 e. The second kappa shape index (κ2) is 9.59. The van der Waals surface area contributed by atoms with Crippen LogP contribution in [0, 0.1) is 11.8 Å². The molecule has 1 aromatic rings. The molecule has 0 aliphatic carbocycles. The first-order valence-electron chi connectivity index (χ1n) is 7.80. The maximum atomic E-state index is 11.4. The molecule has 0 N–H and O–H groups in total. The second-order valence-corrected chi connectivity index (χ2v) is 6.02. The normalized spacial score (nSPS) is 13.9. The highest BCUT2D eigenvalue weighted by molar-refractivity contribution is 5.71. The molecule has 2 atom stereocenters. The number of hydrogen-bond acceptors (Lipinski definition) is 4. The van der Waals surface area contributed by atoms with E-state index in [0.29, 0.717) is 19.8 Å². The van der Waals surface area contributed by atoms with E-state index < -0.39 is 0 Å². The minimum atomic E-state index is -0.158.